The zero-order chi connectivity index (χ0) is 23.6. The number of alkyl halides is 3. The van der Waals surface area contributed by atoms with Crippen LogP contribution in [0.2, 0.25) is 0 Å². The number of nitrogens with one attached hydrogen (secondary N) is 2. The second-order valence-electron chi connectivity index (χ2n) is 8.39. The summed E-state index contributed by atoms with van der Waals surface area (Å²) in [5, 5.41) is 3.38. The summed E-state index contributed by atoms with van der Waals surface area (Å²) in [6, 6.07) is 8.66. The Labute approximate surface area is 198 Å². The summed E-state index contributed by atoms with van der Waals surface area (Å²) in [6.45, 7) is 4.99. The monoisotopic (exact) mass is 534 g/mol. The Kier molecular flexibility index (Phi) is 7.72. The van der Waals surface area contributed by atoms with Gasteiger partial charge in [-0.05, 0) is 82.5 Å². The van der Waals surface area contributed by atoms with Crippen LogP contribution in [0.25, 0.3) is 0 Å². The summed E-state index contributed by atoms with van der Waals surface area (Å²) in [6.07, 6.45) is -0.508. The number of anilines is 1. The molecule has 0 heterocycles. The molecule has 2 N–H and O–H groups in total. The van der Waals surface area contributed by atoms with Gasteiger partial charge in [-0.3, -0.25) is 4.72 Å². The maximum Gasteiger partial charge on any atom is 0.420 e. The van der Waals surface area contributed by atoms with Gasteiger partial charge in [-0.15, -0.1) is 0 Å². The lowest BCUT2D eigenvalue weighted by molar-refractivity contribution is -0.138. The van der Waals surface area contributed by atoms with E-state index in [9.17, 15) is 17.6 Å². The molecule has 0 aromatic heterocycles. The first-order valence-corrected chi connectivity index (χ1v) is 12.0. The molecule has 2 aromatic carbocycles. The Morgan fingerprint density at radius 1 is 1.09 bits per heavy atom. The molecule has 9 heteroatoms. The lowest BCUT2D eigenvalue weighted by Gasteiger charge is -2.56. The van der Waals surface area contributed by atoms with Crippen LogP contribution in [0.3, 0.4) is 0 Å². The lowest BCUT2D eigenvalue weighted by Crippen LogP contribution is -2.62. The van der Waals surface area contributed by atoms with Gasteiger partial charge in [-0.1, -0.05) is 26.7 Å². The van der Waals surface area contributed by atoms with Gasteiger partial charge in [0.05, 0.1) is 12.7 Å². The minimum absolute atomic E-state index is 0.214. The summed E-state index contributed by atoms with van der Waals surface area (Å²) in [5.41, 5.74) is -0.00270. The first-order chi connectivity index (χ1) is 15.1. The van der Waals surface area contributed by atoms with Crippen molar-refractivity contribution in [3.63, 3.8) is 0 Å². The van der Waals surface area contributed by atoms with Crippen molar-refractivity contribution in [3.8, 4) is 5.75 Å². The van der Waals surface area contributed by atoms with Crippen LogP contribution in [0.4, 0.5) is 23.2 Å². The molecule has 1 aliphatic carbocycles. The van der Waals surface area contributed by atoms with Crippen LogP contribution in [0, 0.1) is 11.2 Å². The normalized spacial score (nSPS) is 17.0. The molecule has 0 radical (unpaired) electrons. The molecule has 1 aliphatic rings. The molecule has 0 aliphatic heterocycles. The highest BCUT2D eigenvalue weighted by atomic mass is 79.9. The van der Waals surface area contributed by atoms with Crippen molar-refractivity contribution in [1.29, 1.82) is 0 Å². The van der Waals surface area contributed by atoms with E-state index in [2.05, 4.69) is 39.8 Å². The number of rotatable bonds is 9. The van der Waals surface area contributed by atoms with Crippen LogP contribution in [-0.4, -0.2) is 19.2 Å². The van der Waals surface area contributed by atoms with Gasteiger partial charge in [-0.25, -0.2) is 4.39 Å². The van der Waals surface area contributed by atoms with Crippen molar-refractivity contribution in [2.45, 2.75) is 56.1 Å². The molecule has 3 nitrogen and oxygen atoms in total. The zero-order valence-electron chi connectivity index (χ0n) is 18.2. The Hall–Kier alpha value is -1.45. The second kappa shape index (κ2) is 9.81. The molecule has 2 aromatic rings. The standard InChI is InChI=1S/C23H27BrF4N2OS/c1-4-21(5-2)12-22(13-21,14-29-16-8-6-15(25)7-9-16)30-32-20-11-19(31-3)17(10-18(20)24)23(26,27)28/h6-11,29-30H,4-5,12-14H2,1-3H3. The summed E-state index contributed by atoms with van der Waals surface area (Å²) in [4.78, 5) is 0.613. The van der Waals surface area contributed by atoms with E-state index in [1.54, 1.807) is 12.1 Å². The van der Waals surface area contributed by atoms with Crippen LogP contribution in [0.1, 0.15) is 45.1 Å². The molecule has 0 amide bonds. The van der Waals surface area contributed by atoms with E-state index in [1.807, 2.05) is 0 Å². The molecule has 0 unspecified atom stereocenters. The van der Waals surface area contributed by atoms with Gasteiger partial charge in [-0.2, -0.15) is 13.2 Å². The van der Waals surface area contributed by atoms with Crippen molar-refractivity contribution in [1.82, 2.24) is 4.72 Å². The van der Waals surface area contributed by atoms with Gasteiger partial charge in [0.25, 0.3) is 0 Å². The van der Waals surface area contributed by atoms with Gasteiger partial charge in [0.1, 0.15) is 11.6 Å². The topological polar surface area (TPSA) is 33.3 Å². The summed E-state index contributed by atoms with van der Waals surface area (Å²) in [5.74, 6) is -0.506. The maximum atomic E-state index is 13.3. The number of ether oxygens (including phenoxy) is 1. The molecular weight excluding hydrogens is 508 g/mol. The first kappa shape index (κ1) is 25.2. The third kappa shape index (κ3) is 5.54. The van der Waals surface area contributed by atoms with Gasteiger partial charge >= 0.3 is 6.18 Å². The number of methoxy groups -OCH3 is 1. The summed E-state index contributed by atoms with van der Waals surface area (Å²) in [7, 11) is 1.23. The SMILES string of the molecule is CCC1(CC)CC(CNc2ccc(F)cc2)(NSc2cc(OC)c(C(F)(F)F)cc2Br)C1. The molecule has 0 saturated heterocycles. The Bertz CT molecular complexity index is 925. The predicted molar refractivity (Wildman–Crippen MR) is 125 cm³/mol. The van der Waals surface area contributed by atoms with Crippen molar-refractivity contribution < 1.29 is 22.3 Å². The van der Waals surface area contributed by atoms with Crippen LogP contribution < -0.4 is 14.8 Å². The van der Waals surface area contributed by atoms with Crippen LogP contribution in [0.15, 0.2) is 45.8 Å². The Morgan fingerprint density at radius 2 is 1.72 bits per heavy atom. The summed E-state index contributed by atoms with van der Waals surface area (Å²) >= 11 is 4.57. The molecule has 1 saturated carbocycles. The minimum atomic E-state index is -4.50. The fourth-order valence-electron chi connectivity index (χ4n) is 4.37. The quantitative estimate of drug-likeness (QED) is 0.255. The van der Waals surface area contributed by atoms with E-state index in [4.69, 9.17) is 4.74 Å². The van der Waals surface area contributed by atoms with Crippen molar-refractivity contribution in [2.24, 2.45) is 5.41 Å². The van der Waals surface area contributed by atoms with E-state index < -0.39 is 11.7 Å². The van der Waals surface area contributed by atoms with Crippen molar-refractivity contribution in [2.75, 3.05) is 19.0 Å². The van der Waals surface area contributed by atoms with E-state index >= 15 is 0 Å². The first-order valence-electron chi connectivity index (χ1n) is 10.4. The molecule has 0 spiro atoms. The molecule has 1 fully saturated rings. The molecule has 176 valence electrons. The van der Waals surface area contributed by atoms with Crippen LogP contribution in [-0.2, 0) is 6.18 Å². The minimum Gasteiger partial charge on any atom is -0.496 e. The highest BCUT2D eigenvalue weighted by Crippen LogP contribution is 2.54. The van der Waals surface area contributed by atoms with Gasteiger partial charge < -0.3 is 10.1 Å². The fraction of sp³-hybridized carbons (Fsp3) is 0.478. The van der Waals surface area contributed by atoms with Crippen LogP contribution >= 0.6 is 27.9 Å². The Morgan fingerprint density at radius 3 is 2.25 bits per heavy atom. The lowest BCUT2D eigenvalue weighted by atomic mass is 9.55. The van der Waals surface area contributed by atoms with Gasteiger partial charge in [0.15, 0.2) is 0 Å². The fourth-order valence-corrected chi connectivity index (χ4v) is 5.82. The number of benzene rings is 2. The smallest absolute Gasteiger partial charge is 0.420 e. The Balaban J connectivity index is 1.78. The van der Waals surface area contributed by atoms with Crippen LogP contribution in [0.5, 0.6) is 5.75 Å². The largest absolute Gasteiger partial charge is 0.496 e. The van der Waals surface area contributed by atoms with Gasteiger partial charge in [0, 0.05) is 27.1 Å². The highest BCUT2D eigenvalue weighted by Gasteiger charge is 2.52. The number of halogens is 5. The zero-order valence-corrected chi connectivity index (χ0v) is 20.6. The average molecular weight is 535 g/mol. The highest BCUT2D eigenvalue weighted by molar-refractivity contribution is 9.10. The van der Waals surface area contributed by atoms with Gasteiger partial charge in [0.2, 0.25) is 0 Å². The molecule has 0 bridgehead atoms. The molecular formula is C23H27BrF4N2OS. The molecule has 3 rings (SSSR count). The molecule has 0 atom stereocenters. The predicted octanol–water partition coefficient (Wildman–Crippen LogP) is 7.66. The number of hydrogen-bond acceptors (Lipinski definition) is 4. The van der Waals surface area contributed by atoms with Crippen molar-refractivity contribution >= 4 is 33.6 Å². The second-order valence-corrected chi connectivity index (χ2v) is 10.1. The van der Waals surface area contributed by atoms with E-state index in [0.717, 1.165) is 37.4 Å². The third-order valence-corrected chi connectivity index (χ3v) is 8.35. The maximum absolute atomic E-state index is 13.3. The number of hydrogen-bond donors (Lipinski definition) is 2. The van der Waals surface area contributed by atoms with E-state index in [1.165, 1.54) is 37.3 Å². The third-order valence-electron chi connectivity index (χ3n) is 6.34. The molecule has 32 heavy (non-hydrogen) atoms. The average Bonchev–Trinajstić information content (AvgIpc) is 2.74. The summed E-state index contributed by atoms with van der Waals surface area (Å²) < 4.78 is 61.9. The van der Waals surface area contributed by atoms with E-state index in [0.29, 0.717) is 15.9 Å². The van der Waals surface area contributed by atoms with E-state index in [-0.39, 0.29) is 22.5 Å². The van der Waals surface area contributed by atoms with Crippen molar-refractivity contribution in [3.05, 3.63) is 52.3 Å².